The normalized spacial score (nSPS) is 10.9. The molecule has 0 radical (unpaired) electrons. The molecule has 9 heteroatoms. The number of hydrogen-bond acceptors (Lipinski definition) is 6. The van der Waals surface area contributed by atoms with Gasteiger partial charge in [0.05, 0.1) is 20.8 Å². The van der Waals surface area contributed by atoms with Crippen molar-refractivity contribution < 1.29 is 9.47 Å². The summed E-state index contributed by atoms with van der Waals surface area (Å²) in [5.41, 5.74) is 0.395. The molecule has 0 bridgehead atoms. The van der Waals surface area contributed by atoms with Crippen LogP contribution in [0.15, 0.2) is 27.8 Å². The minimum Gasteiger partial charge on any atom is -0.493 e. The number of methoxy groups -OCH3 is 2. The standard InChI is InChI=1S/C20H23N5O4/c1-6-10-25-19(26)16-18(24(20(25)27)11-9-21-2)22-17(23(16)3)13-7-8-14(28-4)15(12-13)29-5/h1,7-8,12,21H,9-11H2,2-5H3. The molecule has 0 saturated carbocycles. The lowest BCUT2D eigenvalue weighted by atomic mass is 10.2. The zero-order valence-corrected chi connectivity index (χ0v) is 16.9. The first kappa shape index (κ1) is 20.2. The summed E-state index contributed by atoms with van der Waals surface area (Å²) in [4.78, 5) is 30.5. The Kier molecular flexibility index (Phi) is 5.75. The summed E-state index contributed by atoms with van der Waals surface area (Å²) in [6.07, 6.45) is 5.37. The predicted molar refractivity (Wildman–Crippen MR) is 111 cm³/mol. The monoisotopic (exact) mass is 397 g/mol. The second-order valence-electron chi connectivity index (χ2n) is 6.37. The van der Waals surface area contributed by atoms with Gasteiger partial charge in [0.25, 0.3) is 5.56 Å². The topological polar surface area (TPSA) is 92.3 Å². The number of likely N-dealkylation sites (N-methyl/N-ethyl adjacent to an activating group) is 1. The lowest BCUT2D eigenvalue weighted by Crippen LogP contribution is -2.41. The number of rotatable bonds is 7. The lowest BCUT2D eigenvalue weighted by Gasteiger charge is -2.10. The first-order valence-electron chi connectivity index (χ1n) is 8.99. The molecule has 1 N–H and O–H groups in total. The number of nitrogens with zero attached hydrogens (tertiary/aromatic N) is 4. The Hall–Kier alpha value is -3.51. The van der Waals surface area contributed by atoms with E-state index in [2.05, 4.69) is 16.2 Å². The fourth-order valence-electron chi connectivity index (χ4n) is 3.25. The van der Waals surface area contributed by atoms with Crippen LogP contribution in [0.1, 0.15) is 0 Å². The summed E-state index contributed by atoms with van der Waals surface area (Å²) < 4.78 is 14.8. The first-order valence-corrected chi connectivity index (χ1v) is 8.99. The van der Waals surface area contributed by atoms with Crippen LogP contribution in [-0.2, 0) is 20.1 Å². The van der Waals surface area contributed by atoms with E-state index in [0.717, 1.165) is 10.1 Å². The van der Waals surface area contributed by atoms with E-state index >= 15 is 0 Å². The second-order valence-corrected chi connectivity index (χ2v) is 6.37. The van der Waals surface area contributed by atoms with Gasteiger partial charge >= 0.3 is 5.69 Å². The molecule has 29 heavy (non-hydrogen) atoms. The Balaban J connectivity index is 2.34. The van der Waals surface area contributed by atoms with Gasteiger partial charge in [-0.1, -0.05) is 5.92 Å². The highest BCUT2D eigenvalue weighted by Crippen LogP contribution is 2.32. The third kappa shape index (κ3) is 3.39. The van der Waals surface area contributed by atoms with Gasteiger partial charge in [0.15, 0.2) is 22.7 Å². The van der Waals surface area contributed by atoms with Crippen molar-refractivity contribution in [3.8, 4) is 35.2 Å². The molecule has 3 rings (SSSR count). The van der Waals surface area contributed by atoms with Crippen LogP contribution in [0.2, 0.25) is 0 Å². The Morgan fingerprint density at radius 1 is 1.17 bits per heavy atom. The molecule has 0 fully saturated rings. The summed E-state index contributed by atoms with van der Waals surface area (Å²) in [5, 5.41) is 3.00. The molecule has 0 spiro atoms. The van der Waals surface area contributed by atoms with E-state index in [-0.39, 0.29) is 6.54 Å². The van der Waals surface area contributed by atoms with Crippen LogP contribution >= 0.6 is 0 Å². The highest BCUT2D eigenvalue weighted by molar-refractivity contribution is 5.77. The molecule has 1 aromatic carbocycles. The van der Waals surface area contributed by atoms with E-state index < -0.39 is 11.2 Å². The van der Waals surface area contributed by atoms with Crippen LogP contribution in [0.25, 0.3) is 22.6 Å². The summed E-state index contributed by atoms with van der Waals surface area (Å²) in [5.74, 6) is 4.01. The maximum atomic E-state index is 13.0. The smallest absolute Gasteiger partial charge is 0.333 e. The Morgan fingerprint density at radius 3 is 2.52 bits per heavy atom. The Morgan fingerprint density at radius 2 is 1.90 bits per heavy atom. The molecule has 9 nitrogen and oxygen atoms in total. The van der Waals surface area contributed by atoms with Crippen molar-refractivity contribution in [1.29, 1.82) is 0 Å². The number of aryl methyl sites for hydroxylation is 1. The van der Waals surface area contributed by atoms with E-state index in [0.29, 0.717) is 41.6 Å². The maximum absolute atomic E-state index is 13.0. The van der Waals surface area contributed by atoms with Gasteiger partial charge in [0, 0.05) is 25.7 Å². The van der Waals surface area contributed by atoms with Gasteiger partial charge in [-0.2, -0.15) is 0 Å². The number of imidazole rings is 1. The van der Waals surface area contributed by atoms with Gasteiger partial charge in [-0.05, 0) is 25.2 Å². The average molecular weight is 397 g/mol. The van der Waals surface area contributed by atoms with Crippen LogP contribution in [0, 0.1) is 12.3 Å². The fraction of sp³-hybridized carbons (Fsp3) is 0.350. The zero-order chi connectivity index (χ0) is 21.1. The van der Waals surface area contributed by atoms with Crippen molar-refractivity contribution in [2.24, 2.45) is 7.05 Å². The van der Waals surface area contributed by atoms with E-state index in [1.54, 1.807) is 45.0 Å². The highest BCUT2D eigenvalue weighted by Gasteiger charge is 2.21. The zero-order valence-electron chi connectivity index (χ0n) is 16.9. The van der Waals surface area contributed by atoms with E-state index in [1.165, 1.54) is 4.57 Å². The van der Waals surface area contributed by atoms with Gasteiger partial charge in [-0.25, -0.2) is 14.3 Å². The molecule has 0 aliphatic carbocycles. The molecule has 0 amide bonds. The molecule has 2 aromatic heterocycles. The largest absolute Gasteiger partial charge is 0.493 e. The Bertz CT molecular complexity index is 1210. The van der Waals surface area contributed by atoms with Crippen molar-refractivity contribution in [3.05, 3.63) is 39.0 Å². The second kappa shape index (κ2) is 8.24. The van der Waals surface area contributed by atoms with Crippen molar-refractivity contribution >= 4 is 11.2 Å². The van der Waals surface area contributed by atoms with Crippen molar-refractivity contribution in [1.82, 2.24) is 24.0 Å². The summed E-state index contributed by atoms with van der Waals surface area (Å²) in [6.45, 7) is 0.772. The molecule has 152 valence electrons. The van der Waals surface area contributed by atoms with Crippen molar-refractivity contribution in [2.45, 2.75) is 13.1 Å². The van der Waals surface area contributed by atoms with E-state index in [4.69, 9.17) is 15.9 Å². The summed E-state index contributed by atoms with van der Waals surface area (Å²) >= 11 is 0. The summed E-state index contributed by atoms with van der Waals surface area (Å²) in [7, 11) is 6.62. The average Bonchev–Trinajstić information content (AvgIpc) is 3.07. The van der Waals surface area contributed by atoms with Crippen molar-refractivity contribution in [3.63, 3.8) is 0 Å². The Labute approximate surface area is 167 Å². The van der Waals surface area contributed by atoms with E-state index in [9.17, 15) is 9.59 Å². The van der Waals surface area contributed by atoms with Gasteiger partial charge in [-0.3, -0.25) is 9.36 Å². The molecule has 0 aliphatic heterocycles. The SMILES string of the molecule is C#CCn1c(=O)c2c(nc(-c3ccc(OC)c(OC)c3)n2C)n(CCNC)c1=O. The van der Waals surface area contributed by atoms with Crippen LogP contribution in [0.5, 0.6) is 11.5 Å². The molecule has 3 aromatic rings. The van der Waals surface area contributed by atoms with Crippen LogP contribution < -0.4 is 26.0 Å². The molecule has 0 saturated heterocycles. The quantitative estimate of drug-likeness (QED) is 0.582. The maximum Gasteiger partial charge on any atom is 0.333 e. The molecule has 2 heterocycles. The number of nitrogens with one attached hydrogen (secondary N) is 1. The molecular formula is C20H23N5O4. The van der Waals surface area contributed by atoms with Crippen LogP contribution in [-0.4, -0.2) is 46.5 Å². The third-order valence-electron chi connectivity index (χ3n) is 4.72. The fourth-order valence-corrected chi connectivity index (χ4v) is 3.25. The van der Waals surface area contributed by atoms with Crippen molar-refractivity contribution in [2.75, 3.05) is 27.8 Å². The number of benzene rings is 1. The molecule has 0 aliphatic rings. The lowest BCUT2D eigenvalue weighted by molar-refractivity contribution is 0.355. The number of ether oxygens (including phenoxy) is 2. The number of aromatic nitrogens is 4. The van der Waals surface area contributed by atoms with Gasteiger partial charge in [0.2, 0.25) is 0 Å². The molecular weight excluding hydrogens is 374 g/mol. The van der Waals surface area contributed by atoms with Gasteiger partial charge in [0.1, 0.15) is 5.82 Å². The minimum absolute atomic E-state index is 0.107. The highest BCUT2D eigenvalue weighted by atomic mass is 16.5. The predicted octanol–water partition coefficient (Wildman–Crippen LogP) is 0.433. The first-order chi connectivity index (χ1) is 14.0. The van der Waals surface area contributed by atoms with Crippen LogP contribution in [0.3, 0.4) is 0 Å². The van der Waals surface area contributed by atoms with Gasteiger partial charge in [-0.15, -0.1) is 6.42 Å². The minimum atomic E-state index is -0.479. The summed E-state index contributed by atoms with van der Waals surface area (Å²) in [6, 6.07) is 5.35. The number of terminal acetylenes is 1. The number of fused-ring (bicyclic) bond motifs is 1. The molecule has 0 atom stereocenters. The number of hydrogen-bond donors (Lipinski definition) is 1. The van der Waals surface area contributed by atoms with Crippen LogP contribution in [0.4, 0.5) is 0 Å². The van der Waals surface area contributed by atoms with Gasteiger partial charge < -0.3 is 19.4 Å². The third-order valence-corrected chi connectivity index (χ3v) is 4.72. The van der Waals surface area contributed by atoms with E-state index in [1.807, 2.05) is 6.07 Å². The molecule has 0 unspecified atom stereocenters.